The van der Waals surface area contributed by atoms with E-state index in [-0.39, 0.29) is 16.5 Å². The highest BCUT2D eigenvalue weighted by molar-refractivity contribution is 9.10. The van der Waals surface area contributed by atoms with E-state index in [2.05, 4.69) is 15.9 Å². The summed E-state index contributed by atoms with van der Waals surface area (Å²) in [5.41, 5.74) is 0.361. The minimum absolute atomic E-state index is 0.0517. The molecule has 2 rings (SSSR count). The molecule has 0 amide bonds. The smallest absolute Gasteiger partial charge is 0.137 e. The van der Waals surface area contributed by atoms with Crippen LogP contribution >= 0.6 is 15.9 Å². The molecule has 0 saturated heterocycles. The van der Waals surface area contributed by atoms with Gasteiger partial charge in [0, 0.05) is 6.42 Å². The van der Waals surface area contributed by atoms with E-state index in [1.807, 2.05) is 0 Å². The van der Waals surface area contributed by atoms with Crippen molar-refractivity contribution in [3.05, 3.63) is 69.4 Å². The summed E-state index contributed by atoms with van der Waals surface area (Å²) >= 11 is 3.00. The van der Waals surface area contributed by atoms with Crippen molar-refractivity contribution in [3.63, 3.8) is 0 Å². The van der Waals surface area contributed by atoms with Crippen LogP contribution in [0, 0.1) is 17.5 Å². The first-order valence-electron chi connectivity index (χ1n) is 5.54. The van der Waals surface area contributed by atoms with Crippen molar-refractivity contribution in [1.82, 2.24) is 0 Å². The van der Waals surface area contributed by atoms with E-state index in [0.29, 0.717) is 5.56 Å². The Morgan fingerprint density at radius 1 is 1.00 bits per heavy atom. The van der Waals surface area contributed by atoms with Crippen molar-refractivity contribution in [1.29, 1.82) is 0 Å². The molecule has 0 aliphatic carbocycles. The summed E-state index contributed by atoms with van der Waals surface area (Å²) in [5, 5.41) is 9.93. The molecule has 0 spiro atoms. The fraction of sp³-hybridized carbons (Fsp3) is 0.143. The maximum Gasteiger partial charge on any atom is 0.137 e. The Kier molecular flexibility index (Phi) is 4.27. The minimum Gasteiger partial charge on any atom is -0.388 e. The molecule has 0 bridgehead atoms. The van der Waals surface area contributed by atoms with Gasteiger partial charge in [-0.05, 0) is 57.4 Å². The van der Waals surface area contributed by atoms with Crippen LogP contribution in [0.25, 0.3) is 0 Å². The molecule has 0 saturated carbocycles. The molecule has 19 heavy (non-hydrogen) atoms. The van der Waals surface area contributed by atoms with Gasteiger partial charge in [-0.3, -0.25) is 0 Å². The highest BCUT2D eigenvalue weighted by Crippen LogP contribution is 2.24. The lowest BCUT2D eigenvalue weighted by Gasteiger charge is -2.12. The molecular formula is C14H10BrF3O. The number of hydrogen-bond acceptors (Lipinski definition) is 1. The van der Waals surface area contributed by atoms with Crippen LogP contribution in [-0.2, 0) is 6.42 Å². The quantitative estimate of drug-likeness (QED) is 0.896. The zero-order valence-electron chi connectivity index (χ0n) is 9.71. The summed E-state index contributed by atoms with van der Waals surface area (Å²) in [6.07, 6.45) is -1.22. The van der Waals surface area contributed by atoms with Crippen molar-refractivity contribution in [2.75, 3.05) is 0 Å². The third-order valence-corrected chi connectivity index (χ3v) is 3.39. The predicted octanol–water partition coefficient (Wildman–Crippen LogP) is 4.14. The van der Waals surface area contributed by atoms with Crippen LogP contribution in [-0.4, -0.2) is 5.11 Å². The van der Waals surface area contributed by atoms with E-state index in [1.165, 1.54) is 12.1 Å². The van der Waals surface area contributed by atoms with Crippen molar-refractivity contribution in [2.24, 2.45) is 0 Å². The van der Waals surface area contributed by atoms with Gasteiger partial charge in [0.25, 0.3) is 0 Å². The Morgan fingerprint density at radius 2 is 1.74 bits per heavy atom. The molecule has 0 fully saturated rings. The van der Waals surface area contributed by atoms with E-state index in [0.717, 1.165) is 24.3 Å². The second kappa shape index (κ2) is 5.75. The SMILES string of the molecule is OC(Cc1cc(F)ccc1F)c1ccc(Br)c(F)c1. The number of benzene rings is 2. The van der Waals surface area contributed by atoms with Crippen LogP contribution in [0.3, 0.4) is 0 Å². The predicted molar refractivity (Wildman–Crippen MR) is 69.1 cm³/mol. The normalized spacial score (nSPS) is 12.5. The summed E-state index contributed by atoms with van der Waals surface area (Å²) in [5.74, 6) is -1.69. The summed E-state index contributed by atoms with van der Waals surface area (Å²) < 4.78 is 40.0. The van der Waals surface area contributed by atoms with E-state index in [1.54, 1.807) is 0 Å². The third kappa shape index (κ3) is 3.36. The topological polar surface area (TPSA) is 20.2 Å². The Labute approximate surface area is 116 Å². The highest BCUT2D eigenvalue weighted by Gasteiger charge is 2.14. The molecule has 100 valence electrons. The van der Waals surface area contributed by atoms with Gasteiger partial charge in [-0.2, -0.15) is 0 Å². The molecule has 0 aromatic heterocycles. The van der Waals surface area contributed by atoms with Crippen molar-refractivity contribution >= 4 is 15.9 Å². The first-order chi connectivity index (χ1) is 8.97. The molecule has 1 atom stereocenters. The lowest BCUT2D eigenvalue weighted by Crippen LogP contribution is -2.04. The second-order valence-electron chi connectivity index (χ2n) is 4.13. The third-order valence-electron chi connectivity index (χ3n) is 2.75. The van der Waals surface area contributed by atoms with Crippen LogP contribution in [0.1, 0.15) is 17.2 Å². The first-order valence-corrected chi connectivity index (χ1v) is 6.33. The molecule has 0 aliphatic heterocycles. The van der Waals surface area contributed by atoms with Gasteiger partial charge in [0.05, 0.1) is 10.6 Å². The van der Waals surface area contributed by atoms with Crippen molar-refractivity contribution in [2.45, 2.75) is 12.5 Å². The number of rotatable bonds is 3. The molecule has 2 aromatic rings. The molecule has 1 nitrogen and oxygen atoms in total. The Balaban J connectivity index is 2.22. The minimum atomic E-state index is -1.10. The average Bonchev–Trinajstić information content (AvgIpc) is 2.37. The van der Waals surface area contributed by atoms with Crippen molar-refractivity contribution in [3.8, 4) is 0 Å². The molecule has 0 heterocycles. The Morgan fingerprint density at radius 3 is 2.42 bits per heavy atom. The lowest BCUT2D eigenvalue weighted by atomic mass is 10.0. The number of aliphatic hydroxyl groups excluding tert-OH is 1. The fourth-order valence-electron chi connectivity index (χ4n) is 1.75. The highest BCUT2D eigenvalue weighted by atomic mass is 79.9. The second-order valence-corrected chi connectivity index (χ2v) is 4.98. The average molecular weight is 331 g/mol. The van der Waals surface area contributed by atoms with Crippen LogP contribution in [0.15, 0.2) is 40.9 Å². The summed E-state index contributed by atoms with van der Waals surface area (Å²) in [6, 6.07) is 7.16. The standard InChI is InChI=1S/C14H10BrF3O/c15-11-3-1-8(6-13(11)18)14(19)7-9-5-10(16)2-4-12(9)17/h1-6,14,19H,7H2. The monoisotopic (exact) mass is 330 g/mol. The van der Waals surface area contributed by atoms with E-state index in [9.17, 15) is 18.3 Å². The fourth-order valence-corrected chi connectivity index (χ4v) is 1.99. The van der Waals surface area contributed by atoms with E-state index < -0.39 is 23.6 Å². The van der Waals surface area contributed by atoms with Gasteiger partial charge in [-0.1, -0.05) is 6.07 Å². The van der Waals surface area contributed by atoms with Crippen molar-refractivity contribution < 1.29 is 18.3 Å². The van der Waals surface area contributed by atoms with E-state index >= 15 is 0 Å². The molecule has 0 aliphatic rings. The summed E-state index contributed by atoms with van der Waals surface area (Å²) in [4.78, 5) is 0. The van der Waals surface area contributed by atoms with Gasteiger partial charge in [0.2, 0.25) is 0 Å². The number of aliphatic hydroxyl groups is 1. The van der Waals surface area contributed by atoms with Gasteiger partial charge < -0.3 is 5.11 Å². The zero-order valence-corrected chi connectivity index (χ0v) is 11.3. The van der Waals surface area contributed by atoms with Crippen LogP contribution in [0.2, 0.25) is 0 Å². The number of hydrogen-bond donors (Lipinski definition) is 1. The van der Waals surface area contributed by atoms with Gasteiger partial charge >= 0.3 is 0 Å². The lowest BCUT2D eigenvalue weighted by molar-refractivity contribution is 0.176. The van der Waals surface area contributed by atoms with Crippen LogP contribution in [0.5, 0.6) is 0 Å². The molecule has 5 heteroatoms. The van der Waals surface area contributed by atoms with E-state index in [4.69, 9.17) is 0 Å². The molecule has 2 aromatic carbocycles. The Bertz CT molecular complexity index is 601. The molecule has 1 unspecified atom stereocenters. The Hall–Kier alpha value is -1.33. The van der Waals surface area contributed by atoms with Crippen LogP contribution in [0.4, 0.5) is 13.2 Å². The molecule has 1 N–H and O–H groups in total. The van der Waals surface area contributed by atoms with Gasteiger partial charge in [0.15, 0.2) is 0 Å². The molecule has 0 radical (unpaired) electrons. The number of halogens is 4. The largest absolute Gasteiger partial charge is 0.388 e. The summed E-state index contributed by atoms with van der Waals surface area (Å²) in [7, 11) is 0. The first kappa shape index (κ1) is 14.1. The zero-order chi connectivity index (χ0) is 14.0. The van der Waals surface area contributed by atoms with Gasteiger partial charge in [0.1, 0.15) is 17.5 Å². The van der Waals surface area contributed by atoms with Crippen LogP contribution < -0.4 is 0 Å². The van der Waals surface area contributed by atoms with Gasteiger partial charge in [-0.25, -0.2) is 13.2 Å². The molecular weight excluding hydrogens is 321 g/mol. The summed E-state index contributed by atoms with van der Waals surface area (Å²) in [6.45, 7) is 0. The maximum atomic E-state index is 13.4. The maximum absolute atomic E-state index is 13.4. The van der Waals surface area contributed by atoms with Gasteiger partial charge in [-0.15, -0.1) is 0 Å².